The molecule has 0 unspecified atom stereocenters. The topological polar surface area (TPSA) is 57.3 Å². The Hall–Kier alpha value is -1.98. The van der Waals surface area contributed by atoms with Crippen molar-refractivity contribution in [1.29, 1.82) is 0 Å². The summed E-state index contributed by atoms with van der Waals surface area (Å²) in [6, 6.07) is 8.58. The van der Waals surface area contributed by atoms with Crippen molar-refractivity contribution in [3.8, 4) is 0 Å². The van der Waals surface area contributed by atoms with Gasteiger partial charge in [0.15, 0.2) is 0 Å². The highest BCUT2D eigenvalue weighted by Crippen LogP contribution is 2.25. The van der Waals surface area contributed by atoms with Crippen LogP contribution in [0.1, 0.15) is 18.4 Å². The summed E-state index contributed by atoms with van der Waals surface area (Å²) in [6.07, 6.45) is 4.19. The van der Waals surface area contributed by atoms with Crippen molar-refractivity contribution in [2.45, 2.75) is 19.4 Å². The molecule has 2 heterocycles. The van der Waals surface area contributed by atoms with Gasteiger partial charge in [0.05, 0.1) is 10.0 Å². The van der Waals surface area contributed by atoms with Gasteiger partial charge in [0.1, 0.15) is 5.82 Å². The molecule has 1 fully saturated rings. The van der Waals surface area contributed by atoms with Crippen molar-refractivity contribution in [1.82, 2.24) is 10.3 Å². The fraction of sp³-hybridized carbons (Fsp3) is 0.294. The molecule has 1 aromatic carbocycles. The van der Waals surface area contributed by atoms with Crippen molar-refractivity contribution >= 4 is 40.7 Å². The Morgan fingerprint density at radius 1 is 1.12 bits per heavy atom. The number of hydrogen-bond acceptors (Lipinski definition) is 3. The van der Waals surface area contributed by atoms with Crippen LogP contribution in [-0.2, 0) is 6.54 Å². The highest BCUT2D eigenvalue weighted by Gasteiger charge is 2.13. The second-order valence-corrected chi connectivity index (χ2v) is 6.47. The first-order valence-electron chi connectivity index (χ1n) is 7.81. The number of benzene rings is 1. The molecule has 3 rings (SSSR count). The first kappa shape index (κ1) is 16.9. The molecule has 2 aromatic rings. The van der Waals surface area contributed by atoms with E-state index in [2.05, 4.69) is 20.5 Å². The van der Waals surface area contributed by atoms with Crippen LogP contribution >= 0.6 is 23.2 Å². The average molecular weight is 365 g/mol. The van der Waals surface area contributed by atoms with Gasteiger partial charge in [-0.1, -0.05) is 23.2 Å². The number of halogens is 2. The van der Waals surface area contributed by atoms with Gasteiger partial charge in [-0.15, -0.1) is 0 Å². The normalized spacial score (nSPS) is 13.8. The fourth-order valence-corrected chi connectivity index (χ4v) is 2.92. The van der Waals surface area contributed by atoms with Crippen LogP contribution < -0.4 is 15.5 Å². The maximum Gasteiger partial charge on any atom is 0.319 e. The van der Waals surface area contributed by atoms with Gasteiger partial charge in [-0.3, -0.25) is 0 Å². The summed E-state index contributed by atoms with van der Waals surface area (Å²) in [7, 11) is 0. The molecule has 2 N–H and O–H groups in total. The zero-order valence-corrected chi connectivity index (χ0v) is 14.6. The number of aromatic nitrogens is 1. The van der Waals surface area contributed by atoms with Crippen molar-refractivity contribution in [3.63, 3.8) is 0 Å². The minimum Gasteiger partial charge on any atom is -0.357 e. The lowest BCUT2D eigenvalue weighted by molar-refractivity contribution is 0.251. The second kappa shape index (κ2) is 7.73. The summed E-state index contributed by atoms with van der Waals surface area (Å²) in [4.78, 5) is 18.7. The van der Waals surface area contributed by atoms with Gasteiger partial charge in [0.2, 0.25) is 0 Å². The lowest BCUT2D eigenvalue weighted by Gasteiger charge is -2.17. The summed E-state index contributed by atoms with van der Waals surface area (Å²) in [6.45, 7) is 2.51. The van der Waals surface area contributed by atoms with Gasteiger partial charge < -0.3 is 15.5 Å². The van der Waals surface area contributed by atoms with Crippen LogP contribution in [0.5, 0.6) is 0 Å². The maximum atomic E-state index is 12.0. The van der Waals surface area contributed by atoms with Crippen molar-refractivity contribution in [3.05, 3.63) is 52.1 Å². The Balaban J connectivity index is 1.55. The number of urea groups is 1. The molecule has 7 heteroatoms. The Bertz CT molecular complexity index is 732. The van der Waals surface area contributed by atoms with Crippen molar-refractivity contribution < 1.29 is 4.79 Å². The van der Waals surface area contributed by atoms with Crippen LogP contribution in [-0.4, -0.2) is 24.1 Å². The third-order valence-corrected chi connectivity index (χ3v) is 4.61. The molecule has 1 aromatic heterocycles. The Morgan fingerprint density at radius 2 is 1.92 bits per heavy atom. The Labute approximate surface area is 151 Å². The Morgan fingerprint density at radius 3 is 2.67 bits per heavy atom. The monoisotopic (exact) mass is 364 g/mol. The number of carbonyl (C=O) groups is 1. The SMILES string of the molecule is O=C(NCc1ccnc(N2CCCC2)c1)Nc1ccc(Cl)c(Cl)c1. The quantitative estimate of drug-likeness (QED) is 0.849. The van der Waals surface area contributed by atoms with Crippen LogP contribution in [0.15, 0.2) is 36.5 Å². The number of amides is 2. The number of nitrogens with one attached hydrogen (secondary N) is 2. The molecule has 2 amide bonds. The number of anilines is 2. The van der Waals surface area contributed by atoms with Crippen LogP contribution in [0.3, 0.4) is 0 Å². The van der Waals surface area contributed by atoms with Crippen LogP contribution in [0, 0.1) is 0 Å². The summed E-state index contributed by atoms with van der Waals surface area (Å²) in [5.74, 6) is 0.969. The second-order valence-electron chi connectivity index (χ2n) is 5.65. The van der Waals surface area contributed by atoms with E-state index in [4.69, 9.17) is 23.2 Å². The van der Waals surface area contributed by atoms with Gasteiger partial charge in [0.25, 0.3) is 0 Å². The third kappa shape index (κ3) is 4.30. The minimum absolute atomic E-state index is 0.298. The van der Waals surface area contributed by atoms with E-state index in [9.17, 15) is 4.79 Å². The minimum atomic E-state index is -0.298. The molecule has 5 nitrogen and oxygen atoms in total. The number of carbonyl (C=O) groups excluding carboxylic acids is 1. The smallest absolute Gasteiger partial charge is 0.319 e. The number of nitrogens with zero attached hydrogens (tertiary/aromatic N) is 2. The molecular weight excluding hydrogens is 347 g/mol. The molecule has 0 saturated carbocycles. The van der Waals surface area contributed by atoms with Crippen LogP contribution in [0.2, 0.25) is 10.0 Å². The average Bonchev–Trinajstić information content (AvgIpc) is 3.11. The summed E-state index contributed by atoms with van der Waals surface area (Å²) < 4.78 is 0. The van der Waals surface area contributed by atoms with E-state index in [0.29, 0.717) is 22.3 Å². The molecule has 0 radical (unpaired) electrons. The molecule has 126 valence electrons. The first-order chi connectivity index (χ1) is 11.6. The van der Waals surface area contributed by atoms with Gasteiger partial charge in [-0.2, -0.15) is 0 Å². The highest BCUT2D eigenvalue weighted by molar-refractivity contribution is 6.42. The van der Waals surface area contributed by atoms with E-state index in [1.165, 1.54) is 12.8 Å². The van der Waals surface area contributed by atoms with E-state index in [-0.39, 0.29) is 6.03 Å². The lowest BCUT2D eigenvalue weighted by Crippen LogP contribution is -2.28. The standard InChI is InChI=1S/C17H18Cl2N4O/c18-14-4-3-13(10-15(14)19)22-17(24)21-11-12-5-6-20-16(9-12)23-7-1-2-8-23/h3-6,9-10H,1-2,7-8,11H2,(H2,21,22,24). The highest BCUT2D eigenvalue weighted by atomic mass is 35.5. The zero-order chi connectivity index (χ0) is 16.9. The maximum absolute atomic E-state index is 12.0. The van der Waals surface area contributed by atoms with Gasteiger partial charge in [-0.25, -0.2) is 9.78 Å². The third-order valence-electron chi connectivity index (χ3n) is 3.87. The molecule has 1 aliphatic heterocycles. The Kier molecular flexibility index (Phi) is 5.43. The molecule has 0 aliphatic carbocycles. The molecule has 0 bridgehead atoms. The number of rotatable bonds is 4. The van der Waals surface area contributed by atoms with Crippen LogP contribution in [0.4, 0.5) is 16.3 Å². The van der Waals surface area contributed by atoms with Gasteiger partial charge in [0, 0.05) is 31.5 Å². The van der Waals surface area contributed by atoms with Gasteiger partial charge in [-0.05, 0) is 48.7 Å². The van der Waals surface area contributed by atoms with Gasteiger partial charge >= 0.3 is 6.03 Å². The summed E-state index contributed by atoms with van der Waals surface area (Å²) >= 11 is 11.8. The lowest BCUT2D eigenvalue weighted by atomic mass is 10.2. The molecular formula is C17H18Cl2N4O. The molecule has 0 atom stereocenters. The van der Waals surface area contributed by atoms with E-state index >= 15 is 0 Å². The number of pyridine rings is 1. The summed E-state index contributed by atoms with van der Waals surface area (Å²) in [5, 5.41) is 6.41. The largest absolute Gasteiger partial charge is 0.357 e. The molecule has 24 heavy (non-hydrogen) atoms. The number of hydrogen-bond donors (Lipinski definition) is 2. The predicted molar refractivity (Wildman–Crippen MR) is 98.0 cm³/mol. The van der Waals surface area contributed by atoms with Crippen molar-refractivity contribution in [2.75, 3.05) is 23.3 Å². The first-order valence-corrected chi connectivity index (χ1v) is 8.57. The van der Waals surface area contributed by atoms with Crippen LogP contribution in [0.25, 0.3) is 0 Å². The van der Waals surface area contributed by atoms with E-state index in [0.717, 1.165) is 24.5 Å². The predicted octanol–water partition coefficient (Wildman–Crippen LogP) is 4.31. The molecule has 1 saturated heterocycles. The van der Waals surface area contributed by atoms with E-state index in [1.54, 1.807) is 24.4 Å². The van der Waals surface area contributed by atoms with Crippen molar-refractivity contribution in [2.24, 2.45) is 0 Å². The zero-order valence-electron chi connectivity index (χ0n) is 13.1. The van der Waals surface area contributed by atoms with E-state index in [1.807, 2.05) is 12.1 Å². The fourth-order valence-electron chi connectivity index (χ4n) is 2.62. The summed E-state index contributed by atoms with van der Waals surface area (Å²) in [5.41, 5.74) is 1.60. The molecule has 1 aliphatic rings. The van der Waals surface area contributed by atoms with E-state index < -0.39 is 0 Å². The molecule has 0 spiro atoms.